The van der Waals surface area contributed by atoms with Gasteiger partial charge in [0.05, 0.1) is 7.11 Å². The number of amides is 1. The first kappa shape index (κ1) is 20.5. The van der Waals surface area contributed by atoms with Crippen molar-refractivity contribution in [2.45, 2.75) is 6.42 Å². The summed E-state index contributed by atoms with van der Waals surface area (Å²) in [5.74, 6) is 1.18. The summed E-state index contributed by atoms with van der Waals surface area (Å²) < 4.78 is 5.13. The molecule has 7 nitrogen and oxygen atoms in total. The van der Waals surface area contributed by atoms with Crippen LogP contribution in [0.2, 0.25) is 5.15 Å². The minimum Gasteiger partial charge on any atom is -0.497 e. The number of aromatic nitrogens is 1. The average Bonchev–Trinajstić information content (AvgIpc) is 2.71. The second kappa shape index (κ2) is 11.0. The maximum Gasteiger partial charge on any atom is 0.251 e. The van der Waals surface area contributed by atoms with Crippen LogP contribution >= 0.6 is 11.6 Å². The highest BCUT2D eigenvalue weighted by Gasteiger charge is 2.06. The highest BCUT2D eigenvalue weighted by atomic mass is 35.5. The number of nitrogens with one attached hydrogen (secondary N) is 3. The van der Waals surface area contributed by atoms with E-state index in [1.54, 1.807) is 50.7 Å². The third-order valence-electron chi connectivity index (χ3n) is 3.75. The molecule has 144 valence electrons. The van der Waals surface area contributed by atoms with Gasteiger partial charge in [0.2, 0.25) is 0 Å². The van der Waals surface area contributed by atoms with Crippen molar-refractivity contribution in [1.29, 1.82) is 0 Å². The van der Waals surface area contributed by atoms with Crippen molar-refractivity contribution in [2.75, 3.05) is 33.8 Å². The summed E-state index contributed by atoms with van der Waals surface area (Å²) in [4.78, 5) is 20.3. The second-order valence-electron chi connectivity index (χ2n) is 5.65. The van der Waals surface area contributed by atoms with Crippen LogP contribution in [0, 0.1) is 0 Å². The fourth-order valence-corrected chi connectivity index (χ4v) is 2.44. The molecule has 2 rings (SSSR count). The van der Waals surface area contributed by atoms with Gasteiger partial charge >= 0.3 is 0 Å². The molecule has 0 bridgehead atoms. The summed E-state index contributed by atoms with van der Waals surface area (Å²) in [6.45, 7) is 1.73. The zero-order valence-corrected chi connectivity index (χ0v) is 16.2. The zero-order valence-electron chi connectivity index (χ0n) is 15.5. The summed E-state index contributed by atoms with van der Waals surface area (Å²) in [5, 5.41) is 9.72. The maximum atomic E-state index is 12.1. The Kier molecular flexibility index (Phi) is 8.38. The number of carbonyl (C=O) groups is 1. The predicted molar refractivity (Wildman–Crippen MR) is 108 cm³/mol. The van der Waals surface area contributed by atoms with Crippen molar-refractivity contribution in [3.05, 3.63) is 58.9 Å². The molecule has 0 radical (unpaired) electrons. The number of methoxy groups -OCH3 is 1. The molecule has 0 fully saturated rings. The van der Waals surface area contributed by atoms with Crippen molar-refractivity contribution in [3.63, 3.8) is 0 Å². The maximum absolute atomic E-state index is 12.1. The highest BCUT2D eigenvalue weighted by molar-refractivity contribution is 6.29. The number of aliphatic imine (C=N–C) groups is 1. The molecule has 0 aliphatic rings. The predicted octanol–water partition coefficient (Wildman–Crippen LogP) is 1.88. The zero-order chi connectivity index (χ0) is 19.5. The molecule has 0 unspecified atom stereocenters. The Balaban J connectivity index is 1.66. The van der Waals surface area contributed by atoms with Crippen LogP contribution in [0.1, 0.15) is 15.9 Å². The molecule has 0 saturated heterocycles. The molecule has 1 aromatic heterocycles. The Hall–Kier alpha value is -2.80. The molecule has 8 heteroatoms. The van der Waals surface area contributed by atoms with Gasteiger partial charge in [0.15, 0.2) is 5.96 Å². The van der Waals surface area contributed by atoms with E-state index in [0.717, 1.165) is 12.0 Å². The third-order valence-corrected chi connectivity index (χ3v) is 3.98. The fourth-order valence-electron chi connectivity index (χ4n) is 2.32. The topological polar surface area (TPSA) is 87.6 Å². The van der Waals surface area contributed by atoms with Crippen molar-refractivity contribution >= 4 is 23.5 Å². The summed E-state index contributed by atoms with van der Waals surface area (Å²) in [5.41, 5.74) is 1.65. The van der Waals surface area contributed by atoms with Gasteiger partial charge in [-0.2, -0.15) is 0 Å². The molecule has 0 spiro atoms. The first-order valence-electron chi connectivity index (χ1n) is 8.59. The molecule has 1 aromatic carbocycles. The monoisotopic (exact) mass is 389 g/mol. The van der Waals surface area contributed by atoms with Crippen LogP contribution in [0.4, 0.5) is 0 Å². The molecular formula is C19H24ClN5O2. The summed E-state index contributed by atoms with van der Waals surface area (Å²) in [7, 11) is 3.27. The Morgan fingerprint density at radius 1 is 1.15 bits per heavy atom. The molecule has 0 atom stereocenters. The lowest BCUT2D eigenvalue weighted by atomic mass is 10.2. The number of benzene rings is 1. The minimum absolute atomic E-state index is 0.145. The van der Waals surface area contributed by atoms with Crippen LogP contribution in [0.25, 0.3) is 0 Å². The van der Waals surface area contributed by atoms with Gasteiger partial charge in [0, 0.05) is 38.4 Å². The largest absolute Gasteiger partial charge is 0.497 e. The SMILES string of the molecule is CN=C(NCCNC(=O)c1cccc(OC)c1)NCCc1ccc(Cl)nc1. The molecule has 0 aliphatic heterocycles. The van der Waals surface area contributed by atoms with Gasteiger partial charge in [-0.1, -0.05) is 23.7 Å². The molecule has 1 amide bonds. The minimum atomic E-state index is -0.145. The van der Waals surface area contributed by atoms with E-state index in [9.17, 15) is 4.79 Å². The van der Waals surface area contributed by atoms with Gasteiger partial charge in [-0.25, -0.2) is 4.98 Å². The lowest BCUT2D eigenvalue weighted by Crippen LogP contribution is -2.42. The quantitative estimate of drug-likeness (QED) is 0.278. The van der Waals surface area contributed by atoms with E-state index >= 15 is 0 Å². The lowest BCUT2D eigenvalue weighted by molar-refractivity contribution is 0.0954. The van der Waals surface area contributed by atoms with Crippen LogP contribution in [0.15, 0.2) is 47.6 Å². The Bertz CT molecular complexity index is 765. The first-order chi connectivity index (χ1) is 13.1. The molecule has 2 aromatic rings. The van der Waals surface area contributed by atoms with E-state index in [1.165, 1.54) is 0 Å². The number of nitrogens with zero attached hydrogens (tertiary/aromatic N) is 2. The molecule has 27 heavy (non-hydrogen) atoms. The fraction of sp³-hybridized carbons (Fsp3) is 0.316. The van der Waals surface area contributed by atoms with Crippen molar-refractivity contribution < 1.29 is 9.53 Å². The van der Waals surface area contributed by atoms with Crippen LogP contribution in [0.5, 0.6) is 5.75 Å². The van der Waals surface area contributed by atoms with Gasteiger partial charge in [-0.05, 0) is 36.2 Å². The van der Waals surface area contributed by atoms with Crippen LogP contribution in [0.3, 0.4) is 0 Å². The Morgan fingerprint density at radius 3 is 2.63 bits per heavy atom. The van der Waals surface area contributed by atoms with E-state index < -0.39 is 0 Å². The molecular weight excluding hydrogens is 366 g/mol. The van der Waals surface area contributed by atoms with Crippen LogP contribution in [-0.2, 0) is 6.42 Å². The van der Waals surface area contributed by atoms with E-state index in [0.29, 0.717) is 42.1 Å². The third kappa shape index (κ3) is 7.15. The Labute approximate surface area is 164 Å². The van der Waals surface area contributed by atoms with E-state index in [-0.39, 0.29) is 5.91 Å². The highest BCUT2D eigenvalue weighted by Crippen LogP contribution is 2.12. The van der Waals surface area contributed by atoms with Gasteiger partial charge in [-0.3, -0.25) is 9.79 Å². The summed E-state index contributed by atoms with van der Waals surface area (Å²) in [6, 6.07) is 10.8. The lowest BCUT2D eigenvalue weighted by Gasteiger charge is -2.12. The number of rotatable bonds is 8. The van der Waals surface area contributed by atoms with E-state index in [2.05, 4.69) is 25.9 Å². The normalized spacial score (nSPS) is 11.0. The van der Waals surface area contributed by atoms with E-state index in [1.807, 2.05) is 6.07 Å². The standard InChI is InChI=1S/C19H24ClN5O2/c1-21-19(23-9-8-14-6-7-17(20)25-13-14)24-11-10-22-18(26)15-4-3-5-16(12-15)27-2/h3-7,12-13H,8-11H2,1-2H3,(H,22,26)(H2,21,23,24). The number of halogens is 1. The number of hydrogen-bond donors (Lipinski definition) is 3. The van der Waals surface area contributed by atoms with Crippen molar-refractivity contribution in [3.8, 4) is 5.75 Å². The molecule has 1 heterocycles. The van der Waals surface area contributed by atoms with E-state index in [4.69, 9.17) is 16.3 Å². The Morgan fingerprint density at radius 2 is 1.93 bits per heavy atom. The van der Waals surface area contributed by atoms with Crippen molar-refractivity contribution in [1.82, 2.24) is 20.9 Å². The number of guanidine groups is 1. The van der Waals surface area contributed by atoms with Crippen LogP contribution < -0.4 is 20.7 Å². The van der Waals surface area contributed by atoms with Crippen LogP contribution in [-0.4, -0.2) is 50.6 Å². The number of carbonyl (C=O) groups excluding carboxylic acids is 1. The van der Waals surface area contributed by atoms with Gasteiger partial charge in [0.25, 0.3) is 5.91 Å². The summed E-state index contributed by atoms with van der Waals surface area (Å²) in [6.07, 6.45) is 2.56. The summed E-state index contributed by atoms with van der Waals surface area (Å²) >= 11 is 5.77. The van der Waals surface area contributed by atoms with Gasteiger partial charge < -0.3 is 20.7 Å². The van der Waals surface area contributed by atoms with Crippen molar-refractivity contribution in [2.24, 2.45) is 4.99 Å². The average molecular weight is 390 g/mol. The molecule has 3 N–H and O–H groups in total. The molecule has 0 aliphatic carbocycles. The smallest absolute Gasteiger partial charge is 0.251 e. The first-order valence-corrected chi connectivity index (χ1v) is 8.97. The second-order valence-corrected chi connectivity index (χ2v) is 6.04. The van der Waals surface area contributed by atoms with Gasteiger partial charge in [0.1, 0.15) is 10.9 Å². The molecule has 0 saturated carbocycles. The van der Waals surface area contributed by atoms with Gasteiger partial charge in [-0.15, -0.1) is 0 Å². The number of ether oxygens (including phenoxy) is 1. The number of pyridine rings is 1. The number of hydrogen-bond acceptors (Lipinski definition) is 4.